The number of benzene rings is 1. The minimum absolute atomic E-state index is 0.0358. The highest BCUT2D eigenvalue weighted by Gasteiger charge is 2.12. The van der Waals surface area contributed by atoms with E-state index in [1.165, 1.54) is 0 Å². The molecule has 0 aliphatic carbocycles. The molecular weight excluding hydrogens is 296 g/mol. The molecule has 21 heavy (non-hydrogen) atoms. The van der Waals surface area contributed by atoms with Gasteiger partial charge in [-0.1, -0.05) is 11.6 Å². The zero-order valence-corrected chi connectivity index (χ0v) is 12.0. The van der Waals surface area contributed by atoms with Crippen LogP contribution in [0.5, 0.6) is 5.75 Å². The van der Waals surface area contributed by atoms with E-state index in [-0.39, 0.29) is 24.3 Å². The van der Waals surface area contributed by atoms with E-state index >= 15 is 0 Å². The van der Waals surface area contributed by atoms with Crippen LogP contribution in [0.3, 0.4) is 0 Å². The monoisotopic (exact) mass is 308 g/mol. The quantitative estimate of drug-likeness (QED) is 0.900. The number of rotatable bonds is 4. The lowest BCUT2D eigenvalue weighted by molar-refractivity contribution is -0.136. The highest BCUT2D eigenvalue weighted by atomic mass is 35.5. The van der Waals surface area contributed by atoms with Gasteiger partial charge in [-0.15, -0.1) is 0 Å². The van der Waals surface area contributed by atoms with Gasteiger partial charge in [0.25, 0.3) is 5.56 Å². The first kappa shape index (κ1) is 15.1. The largest absolute Gasteiger partial charge is 0.506 e. The van der Waals surface area contributed by atoms with Crippen LogP contribution in [0.15, 0.2) is 29.1 Å². The van der Waals surface area contributed by atoms with Crippen LogP contribution in [0.2, 0.25) is 5.02 Å². The van der Waals surface area contributed by atoms with Gasteiger partial charge >= 0.3 is 5.97 Å². The third-order valence-electron chi connectivity index (χ3n) is 2.95. The van der Waals surface area contributed by atoms with Gasteiger partial charge in [-0.3, -0.25) is 9.59 Å². The maximum Gasteiger partial charge on any atom is 0.303 e. The minimum atomic E-state index is -1.00. The average molecular weight is 309 g/mol. The van der Waals surface area contributed by atoms with Crippen molar-refractivity contribution in [1.82, 2.24) is 9.78 Å². The molecule has 2 rings (SSSR count). The van der Waals surface area contributed by atoms with E-state index in [4.69, 9.17) is 16.7 Å². The summed E-state index contributed by atoms with van der Waals surface area (Å²) < 4.78 is 1.13. The molecule has 1 heterocycles. The molecule has 0 bridgehead atoms. The van der Waals surface area contributed by atoms with Gasteiger partial charge in [0.1, 0.15) is 11.4 Å². The average Bonchev–Trinajstić information content (AvgIpc) is 2.38. The van der Waals surface area contributed by atoms with Crippen LogP contribution in [0.4, 0.5) is 0 Å². The second-order valence-corrected chi connectivity index (χ2v) is 4.99. The van der Waals surface area contributed by atoms with Gasteiger partial charge in [0.05, 0.1) is 12.1 Å². The summed E-state index contributed by atoms with van der Waals surface area (Å²) in [7, 11) is 0. The van der Waals surface area contributed by atoms with Crippen LogP contribution in [0.25, 0.3) is 5.69 Å². The Morgan fingerprint density at radius 2 is 2.10 bits per heavy atom. The number of carboxylic acid groups (broad SMARTS) is 1. The SMILES string of the molecule is Cc1cc(Cl)ccc1-n1nc(CCC(=O)O)c(O)cc1=O. The summed E-state index contributed by atoms with van der Waals surface area (Å²) in [6.45, 7) is 1.78. The van der Waals surface area contributed by atoms with Crippen molar-refractivity contribution in [3.63, 3.8) is 0 Å². The van der Waals surface area contributed by atoms with Gasteiger partial charge < -0.3 is 10.2 Å². The molecule has 0 saturated heterocycles. The Morgan fingerprint density at radius 3 is 2.71 bits per heavy atom. The van der Waals surface area contributed by atoms with E-state index in [0.717, 1.165) is 16.3 Å². The molecule has 1 aromatic carbocycles. The highest BCUT2D eigenvalue weighted by Crippen LogP contribution is 2.19. The topological polar surface area (TPSA) is 92.4 Å². The lowest BCUT2D eigenvalue weighted by Crippen LogP contribution is -2.22. The molecular formula is C14H13ClN2O4. The van der Waals surface area contributed by atoms with Crippen LogP contribution >= 0.6 is 11.6 Å². The minimum Gasteiger partial charge on any atom is -0.506 e. The molecule has 6 nitrogen and oxygen atoms in total. The lowest BCUT2D eigenvalue weighted by atomic mass is 10.2. The fourth-order valence-electron chi connectivity index (χ4n) is 1.92. The number of aliphatic carboxylic acids is 1. The fourth-order valence-corrected chi connectivity index (χ4v) is 2.14. The van der Waals surface area contributed by atoms with E-state index < -0.39 is 11.5 Å². The van der Waals surface area contributed by atoms with Crippen molar-refractivity contribution < 1.29 is 15.0 Å². The van der Waals surface area contributed by atoms with Gasteiger partial charge in [-0.25, -0.2) is 0 Å². The van der Waals surface area contributed by atoms with E-state index in [0.29, 0.717) is 10.7 Å². The first-order chi connectivity index (χ1) is 9.88. The Labute approximate surface area is 125 Å². The molecule has 110 valence electrons. The number of carboxylic acids is 1. The summed E-state index contributed by atoms with van der Waals surface area (Å²) >= 11 is 5.87. The number of hydrogen-bond donors (Lipinski definition) is 2. The Balaban J connectivity index is 2.50. The maximum absolute atomic E-state index is 12.0. The number of aromatic hydroxyl groups is 1. The number of nitrogens with zero attached hydrogens (tertiary/aromatic N) is 2. The van der Waals surface area contributed by atoms with Gasteiger partial charge in [-0.05, 0) is 30.7 Å². The number of hydrogen-bond acceptors (Lipinski definition) is 4. The van der Waals surface area contributed by atoms with Gasteiger partial charge in [0.2, 0.25) is 0 Å². The molecule has 2 aromatic rings. The van der Waals surface area contributed by atoms with Crippen molar-refractivity contribution in [2.45, 2.75) is 19.8 Å². The Morgan fingerprint density at radius 1 is 1.38 bits per heavy atom. The summed E-state index contributed by atoms with van der Waals surface area (Å²) in [5.41, 5.74) is 0.927. The Kier molecular flexibility index (Phi) is 4.28. The summed E-state index contributed by atoms with van der Waals surface area (Å²) in [5, 5.41) is 23.0. The van der Waals surface area contributed by atoms with Gasteiger partial charge in [0.15, 0.2) is 0 Å². The zero-order valence-electron chi connectivity index (χ0n) is 11.2. The Hall–Kier alpha value is -2.34. The van der Waals surface area contributed by atoms with Gasteiger partial charge in [0, 0.05) is 17.5 Å². The van der Waals surface area contributed by atoms with Crippen molar-refractivity contribution in [3.8, 4) is 11.4 Å². The predicted molar refractivity (Wildman–Crippen MR) is 77.2 cm³/mol. The van der Waals surface area contributed by atoms with Crippen LogP contribution in [0, 0.1) is 6.92 Å². The Bertz CT molecular complexity index is 755. The van der Waals surface area contributed by atoms with E-state index in [9.17, 15) is 14.7 Å². The van der Waals surface area contributed by atoms with Gasteiger partial charge in [-0.2, -0.15) is 9.78 Å². The smallest absolute Gasteiger partial charge is 0.303 e. The summed E-state index contributed by atoms with van der Waals surface area (Å²) in [4.78, 5) is 22.6. The van der Waals surface area contributed by atoms with Crippen LogP contribution in [-0.2, 0) is 11.2 Å². The molecule has 0 aliphatic heterocycles. The molecule has 0 amide bonds. The van der Waals surface area contributed by atoms with Crippen molar-refractivity contribution in [1.29, 1.82) is 0 Å². The molecule has 0 fully saturated rings. The maximum atomic E-state index is 12.0. The number of carbonyl (C=O) groups is 1. The second-order valence-electron chi connectivity index (χ2n) is 4.55. The zero-order chi connectivity index (χ0) is 15.6. The molecule has 0 unspecified atom stereocenters. The fraction of sp³-hybridized carbons (Fsp3) is 0.214. The summed E-state index contributed by atoms with van der Waals surface area (Å²) in [6, 6.07) is 5.99. The molecule has 0 atom stereocenters. The molecule has 0 saturated carbocycles. The molecule has 0 spiro atoms. The third kappa shape index (κ3) is 3.41. The number of aryl methyl sites for hydroxylation is 2. The second kappa shape index (κ2) is 5.97. The van der Waals surface area contributed by atoms with E-state index in [2.05, 4.69) is 5.10 Å². The van der Waals surface area contributed by atoms with Crippen LogP contribution in [-0.4, -0.2) is 26.0 Å². The number of halogens is 1. The lowest BCUT2D eigenvalue weighted by Gasteiger charge is -2.10. The van der Waals surface area contributed by atoms with E-state index in [1.807, 2.05) is 0 Å². The van der Waals surface area contributed by atoms with Crippen LogP contribution in [0.1, 0.15) is 17.7 Å². The summed E-state index contributed by atoms with van der Waals surface area (Å²) in [5.74, 6) is -1.30. The molecule has 0 radical (unpaired) electrons. The van der Waals surface area contributed by atoms with Crippen molar-refractivity contribution in [3.05, 3.63) is 50.9 Å². The van der Waals surface area contributed by atoms with E-state index in [1.54, 1.807) is 25.1 Å². The highest BCUT2D eigenvalue weighted by molar-refractivity contribution is 6.30. The standard InChI is InChI=1S/C14H13ClN2O4/c1-8-6-9(15)2-4-11(8)17-13(19)7-12(18)10(16-17)3-5-14(20)21/h2,4,6-7,18H,3,5H2,1H3,(H,20,21). The molecule has 7 heteroatoms. The normalized spacial score (nSPS) is 10.6. The summed E-state index contributed by atoms with van der Waals surface area (Å²) in [6.07, 6.45) is -0.146. The van der Waals surface area contributed by atoms with Crippen molar-refractivity contribution >= 4 is 17.6 Å². The predicted octanol–water partition coefficient (Wildman–Crippen LogP) is 1.92. The molecule has 1 aromatic heterocycles. The molecule has 0 aliphatic rings. The van der Waals surface area contributed by atoms with Crippen molar-refractivity contribution in [2.75, 3.05) is 0 Å². The van der Waals surface area contributed by atoms with Crippen LogP contribution < -0.4 is 5.56 Å². The third-order valence-corrected chi connectivity index (χ3v) is 3.18. The number of aromatic nitrogens is 2. The molecule has 2 N–H and O–H groups in total. The first-order valence-electron chi connectivity index (χ1n) is 6.19. The first-order valence-corrected chi connectivity index (χ1v) is 6.57. The van der Waals surface area contributed by atoms with Crippen molar-refractivity contribution in [2.24, 2.45) is 0 Å².